The minimum absolute atomic E-state index is 0. The third kappa shape index (κ3) is 10.4. The fourth-order valence-electron chi connectivity index (χ4n) is 0.856. The molecule has 0 radical (unpaired) electrons. The summed E-state index contributed by atoms with van der Waals surface area (Å²) in [5.74, 6) is 0. The molecule has 0 aromatic carbocycles. The van der Waals surface area contributed by atoms with Crippen LogP contribution in [0.4, 0.5) is 0 Å². The first-order valence-corrected chi connectivity index (χ1v) is 5.42. The molecule has 0 aromatic heterocycles. The van der Waals surface area contributed by atoms with Crippen molar-refractivity contribution >= 4 is 9.53 Å². The van der Waals surface area contributed by atoms with Gasteiger partial charge in [0.05, 0.1) is 0 Å². The van der Waals surface area contributed by atoms with Crippen molar-refractivity contribution < 1.29 is 18.2 Å². The van der Waals surface area contributed by atoms with Crippen molar-refractivity contribution in [2.24, 2.45) is 0 Å². The van der Waals surface area contributed by atoms with E-state index in [2.05, 4.69) is 52.0 Å². The van der Waals surface area contributed by atoms with Crippen molar-refractivity contribution in [3.8, 4) is 0 Å². The number of hydrogen-bond acceptors (Lipinski definition) is 0. The van der Waals surface area contributed by atoms with E-state index in [0.717, 1.165) is 0 Å². The van der Waals surface area contributed by atoms with Crippen molar-refractivity contribution in [2.45, 2.75) is 25.7 Å². The van der Waals surface area contributed by atoms with Gasteiger partial charge < -0.3 is 7.43 Å². The second kappa shape index (κ2) is 13.1. The van der Waals surface area contributed by atoms with Gasteiger partial charge in [0.2, 0.25) is 0 Å². The van der Waals surface area contributed by atoms with Crippen LogP contribution in [-0.2, 0) is 18.2 Å². The van der Waals surface area contributed by atoms with Crippen molar-refractivity contribution in [3.63, 3.8) is 0 Å². The molecule has 0 aromatic rings. The van der Waals surface area contributed by atoms with E-state index < -0.39 is 0 Å². The van der Waals surface area contributed by atoms with Crippen LogP contribution in [0, 0.1) is 7.43 Å². The number of rotatable bonds is 0. The first-order valence-electron chi connectivity index (χ1n) is 3.42. The van der Waals surface area contributed by atoms with Crippen LogP contribution in [0.2, 0.25) is 0 Å². The van der Waals surface area contributed by atoms with Gasteiger partial charge in [-0.05, 0) is 25.7 Å². The van der Waals surface area contributed by atoms with Crippen molar-refractivity contribution in [1.82, 2.24) is 0 Å². The van der Waals surface area contributed by atoms with Crippen LogP contribution in [0.1, 0.15) is 25.7 Å². The van der Waals surface area contributed by atoms with Gasteiger partial charge in [-0.1, -0.05) is 24.3 Å². The first-order chi connectivity index (χ1) is 5.00. The Kier molecular flexibility index (Phi) is 16.6. The zero-order valence-corrected chi connectivity index (χ0v) is 9.14. The van der Waals surface area contributed by atoms with Gasteiger partial charge in [-0.15, -0.1) is 0 Å². The van der Waals surface area contributed by atoms with Crippen LogP contribution >= 0.6 is 9.53 Å². The van der Waals surface area contributed by atoms with Gasteiger partial charge >= 0.3 is 27.7 Å². The minimum atomic E-state index is 0. The number of halogens is 1. The second-order valence-corrected chi connectivity index (χ2v) is 2.10. The van der Waals surface area contributed by atoms with Crippen LogP contribution in [-0.4, -0.2) is 0 Å². The summed E-state index contributed by atoms with van der Waals surface area (Å²) in [4.78, 5) is 0. The van der Waals surface area contributed by atoms with Crippen molar-refractivity contribution in [3.05, 3.63) is 31.7 Å². The molecular formula is C9H15ClPd. The average molecular weight is 265 g/mol. The molecule has 0 bridgehead atoms. The number of hydrogen-bond donors (Lipinski definition) is 0. The fourth-order valence-corrected chi connectivity index (χ4v) is 0.856. The topological polar surface area (TPSA) is 0 Å². The summed E-state index contributed by atoms with van der Waals surface area (Å²) in [5, 5.41) is 0. The summed E-state index contributed by atoms with van der Waals surface area (Å²) >= 11 is 2.22. The number of allylic oxidation sites excluding steroid dienone is 4. The Morgan fingerprint density at radius 3 is 1.09 bits per heavy atom. The van der Waals surface area contributed by atoms with Gasteiger partial charge in [0, 0.05) is 0 Å². The molecule has 0 N–H and O–H groups in total. The normalized spacial score (nSPS) is 18.1. The van der Waals surface area contributed by atoms with Crippen molar-refractivity contribution in [2.75, 3.05) is 0 Å². The average Bonchev–Trinajstić information content (AvgIpc) is 1.90. The zero-order chi connectivity index (χ0) is 7.66. The molecule has 11 heavy (non-hydrogen) atoms. The molecule has 0 fully saturated rings. The summed E-state index contributed by atoms with van der Waals surface area (Å²) < 4.78 is 0. The molecule has 0 nitrogen and oxygen atoms in total. The van der Waals surface area contributed by atoms with E-state index in [0.29, 0.717) is 0 Å². The van der Waals surface area contributed by atoms with Gasteiger partial charge in [-0.3, -0.25) is 0 Å². The summed E-state index contributed by atoms with van der Waals surface area (Å²) in [6, 6.07) is 0. The zero-order valence-electron chi connectivity index (χ0n) is 6.83. The van der Waals surface area contributed by atoms with E-state index in [9.17, 15) is 0 Å². The van der Waals surface area contributed by atoms with Gasteiger partial charge in [0.1, 0.15) is 0 Å². The Morgan fingerprint density at radius 2 is 0.909 bits per heavy atom. The Balaban J connectivity index is 0. The molecule has 0 spiro atoms. The summed E-state index contributed by atoms with van der Waals surface area (Å²) in [5.41, 5.74) is 0. The molecule has 1 aliphatic rings. The van der Waals surface area contributed by atoms with Gasteiger partial charge in [-0.25, -0.2) is 0 Å². The summed E-state index contributed by atoms with van der Waals surface area (Å²) in [6.45, 7) is 0. The Hall–Kier alpha value is 0.432. The fraction of sp³-hybridized carbons (Fsp3) is 0.444. The maximum atomic E-state index is 4.49. The van der Waals surface area contributed by atoms with E-state index in [1.54, 1.807) is 0 Å². The van der Waals surface area contributed by atoms with Crippen LogP contribution in [0.3, 0.4) is 0 Å². The van der Waals surface area contributed by atoms with Crippen LogP contribution in [0.25, 0.3) is 0 Å². The van der Waals surface area contributed by atoms with Crippen molar-refractivity contribution in [1.29, 1.82) is 0 Å². The molecular weight excluding hydrogens is 250 g/mol. The van der Waals surface area contributed by atoms with E-state index in [1.165, 1.54) is 25.7 Å². The molecule has 0 heterocycles. The standard InChI is InChI=1S/C8H12.CH3.ClH.Pd/c1-2-4-6-8-7-5-3-1;;;/h1-2,7-8H,3-6H2;1H3;1H;/q;-1;;+2/p-1/b2-1-,8-7?;;;. The van der Waals surface area contributed by atoms with E-state index in [-0.39, 0.29) is 7.43 Å². The van der Waals surface area contributed by atoms with E-state index in [1.807, 2.05) is 0 Å². The Labute approximate surface area is 85.1 Å². The molecule has 0 saturated heterocycles. The maximum absolute atomic E-state index is 4.49. The molecule has 0 unspecified atom stereocenters. The Bertz CT molecular complexity index is 82.1. The quantitative estimate of drug-likeness (QED) is 0.355. The monoisotopic (exact) mass is 264 g/mol. The molecule has 1 aliphatic carbocycles. The van der Waals surface area contributed by atoms with Crippen LogP contribution < -0.4 is 0 Å². The van der Waals surface area contributed by atoms with E-state index in [4.69, 9.17) is 0 Å². The molecule has 68 valence electrons. The van der Waals surface area contributed by atoms with Gasteiger partial charge in [-0.2, -0.15) is 0 Å². The molecule has 0 amide bonds. The summed E-state index contributed by atoms with van der Waals surface area (Å²) in [7, 11) is 4.49. The third-order valence-electron chi connectivity index (χ3n) is 1.33. The molecule has 0 saturated carbocycles. The Morgan fingerprint density at radius 1 is 0.727 bits per heavy atom. The molecule has 1 rings (SSSR count). The van der Waals surface area contributed by atoms with Crippen LogP contribution in [0.15, 0.2) is 24.3 Å². The summed E-state index contributed by atoms with van der Waals surface area (Å²) in [6.07, 6.45) is 14.0. The second-order valence-electron chi connectivity index (χ2n) is 2.10. The SMILES string of the molecule is C1=CCC/C=C\CC1.[CH3-].[Cl][Pd+]. The predicted molar refractivity (Wildman–Crippen MR) is 49.0 cm³/mol. The van der Waals surface area contributed by atoms with Crippen LogP contribution in [0.5, 0.6) is 0 Å². The molecule has 2 heteroatoms. The first kappa shape index (κ1) is 14.0. The molecule has 0 atom stereocenters. The van der Waals surface area contributed by atoms with Gasteiger partial charge in [0.15, 0.2) is 0 Å². The molecule has 0 aliphatic heterocycles. The van der Waals surface area contributed by atoms with E-state index >= 15 is 0 Å². The van der Waals surface area contributed by atoms with Gasteiger partial charge in [0.25, 0.3) is 0 Å². The third-order valence-corrected chi connectivity index (χ3v) is 1.33. The predicted octanol–water partition coefficient (Wildman–Crippen LogP) is 3.81.